The summed E-state index contributed by atoms with van der Waals surface area (Å²) in [5.41, 5.74) is -0.392. The summed E-state index contributed by atoms with van der Waals surface area (Å²) in [5, 5.41) is 12.3. The summed E-state index contributed by atoms with van der Waals surface area (Å²) in [7, 11) is 0. The van der Waals surface area contributed by atoms with Crippen molar-refractivity contribution in [2.45, 2.75) is 44.4 Å². The van der Waals surface area contributed by atoms with Crippen molar-refractivity contribution in [3.63, 3.8) is 0 Å². The van der Waals surface area contributed by atoms with Crippen molar-refractivity contribution in [2.75, 3.05) is 0 Å². The van der Waals surface area contributed by atoms with Gasteiger partial charge < -0.3 is 5.11 Å². The van der Waals surface area contributed by atoms with Crippen LogP contribution in [0.2, 0.25) is 0 Å². The monoisotopic (exact) mass is 264 g/mol. The maximum Gasteiger partial charge on any atom is 0.391 e. The fourth-order valence-corrected chi connectivity index (χ4v) is 3.65. The fourth-order valence-electron chi connectivity index (χ4n) is 2.59. The summed E-state index contributed by atoms with van der Waals surface area (Å²) >= 11 is 1.35. The van der Waals surface area contributed by atoms with Gasteiger partial charge in [-0.15, -0.1) is 11.3 Å². The zero-order valence-corrected chi connectivity index (χ0v) is 10.4. The van der Waals surface area contributed by atoms with E-state index >= 15 is 0 Å². The van der Waals surface area contributed by atoms with Gasteiger partial charge in [0, 0.05) is 4.88 Å². The van der Waals surface area contributed by atoms with E-state index in [-0.39, 0.29) is 12.8 Å². The summed E-state index contributed by atoms with van der Waals surface area (Å²) in [6.45, 7) is 1.83. The molecule has 0 aromatic carbocycles. The Kier molecular flexibility index (Phi) is 3.25. The van der Waals surface area contributed by atoms with Gasteiger partial charge in [-0.3, -0.25) is 0 Å². The van der Waals surface area contributed by atoms with Crippen LogP contribution in [0.4, 0.5) is 13.2 Å². The van der Waals surface area contributed by atoms with Crippen LogP contribution in [0, 0.1) is 12.8 Å². The molecule has 2 atom stereocenters. The van der Waals surface area contributed by atoms with Crippen LogP contribution < -0.4 is 0 Å². The predicted molar refractivity (Wildman–Crippen MR) is 61.0 cm³/mol. The quantitative estimate of drug-likeness (QED) is 0.813. The minimum Gasteiger partial charge on any atom is -0.384 e. The molecular weight excluding hydrogens is 249 g/mol. The van der Waals surface area contributed by atoms with E-state index in [4.69, 9.17) is 0 Å². The molecule has 2 unspecified atom stereocenters. The average Bonchev–Trinajstić information content (AvgIpc) is 2.64. The van der Waals surface area contributed by atoms with E-state index in [0.29, 0.717) is 17.7 Å². The van der Waals surface area contributed by atoms with Crippen LogP contribution in [0.5, 0.6) is 0 Å². The number of thiophene rings is 1. The third-order valence-corrected chi connectivity index (χ3v) is 4.68. The zero-order valence-electron chi connectivity index (χ0n) is 9.55. The molecule has 1 aromatic heterocycles. The van der Waals surface area contributed by atoms with Crippen molar-refractivity contribution in [3.05, 3.63) is 21.9 Å². The molecule has 1 aliphatic carbocycles. The Hall–Kier alpha value is -0.550. The number of alkyl halides is 3. The lowest BCUT2D eigenvalue weighted by Gasteiger charge is -2.37. The van der Waals surface area contributed by atoms with E-state index in [1.54, 1.807) is 0 Å². The summed E-state index contributed by atoms with van der Waals surface area (Å²) in [6, 6.07) is 1.84. The van der Waals surface area contributed by atoms with E-state index in [1.165, 1.54) is 11.3 Å². The predicted octanol–water partition coefficient (Wildman–Crippen LogP) is 4.00. The van der Waals surface area contributed by atoms with Crippen LogP contribution in [0.1, 0.15) is 36.1 Å². The summed E-state index contributed by atoms with van der Waals surface area (Å²) in [4.78, 5) is 0.700. The number of hydrogen-bond donors (Lipinski definition) is 1. The van der Waals surface area contributed by atoms with Crippen LogP contribution in [-0.4, -0.2) is 11.3 Å². The largest absolute Gasteiger partial charge is 0.391 e. The highest BCUT2D eigenvalue weighted by Gasteiger charge is 2.48. The molecule has 96 valence electrons. The van der Waals surface area contributed by atoms with Gasteiger partial charge in [-0.25, -0.2) is 0 Å². The van der Waals surface area contributed by atoms with Crippen LogP contribution >= 0.6 is 11.3 Å². The Morgan fingerprint density at radius 2 is 2.18 bits per heavy atom. The molecule has 1 aromatic rings. The smallest absolute Gasteiger partial charge is 0.384 e. The van der Waals surface area contributed by atoms with Gasteiger partial charge >= 0.3 is 6.18 Å². The molecule has 0 bridgehead atoms. The molecule has 0 amide bonds. The van der Waals surface area contributed by atoms with Gasteiger partial charge in [-0.05, 0) is 49.6 Å². The highest BCUT2D eigenvalue weighted by Crippen LogP contribution is 2.47. The Balaban J connectivity index is 2.24. The third-order valence-electron chi connectivity index (χ3n) is 3.47. The molecule has 17 heavy (non-hydrogen) atoms. The summed E-state index contributed by atoms with van der Waals surface area (Å²) in [5.74, 6) is -1.37. The lowest BCUT2D eigenvalue weighted by molar-refractivity contribution is -0.201. The van der Waals surface area contributed by atoms with Gasteiger partial charge in [-0.1, -0.05) is 0 Å². The molecule has 2 rings (SSSR count). The average molecular weight is 264 g/mol. The zero-order chi connectivity index (χ0) is 12.7. The van der Waals surface area contributed by atoms with E-state index in [0.717, 1.165) is 5.56 Å². The molecule has 5 heteroatoms. The maximum absolute atomic E-state index is 12.7. The minimum atomic E-state index is -4.19. The van der Waals surface area contributed by atoms with Gasteiger partial charge in [0.15, 0.2) is 0 Å². The summed E-state index contributed by atoms with van der Waals surface area (Å²) < 4.78 is 38.2. The van der Waals surface area contributed by atoms with E-state index in [2.05, 4.69) is 0 Å². The third kappa shape index (κ3) is 2.50. The normalized spacial score (nSPS) is 30.5. The molecule has 1 saturated carbocycles. The number of rotatable bonds is 1. The molecule has 0 aliphatic heterocycles. The first-order valence-electron chi connectivity index (χ1n) is 5.66. The Labute approximate surface area is 102 Å². The van der Waals surface area contributed by atoms with E-state index < -0.39 is 17.7 Å². The maximum atomic E-state index is 12.7. The van der Waals surface area contributed by atoms with Crippen LogP contribution in [0.15, 0.2) is 11.4 Å². The van der Waals surface area contributed by atoms with Crippen molar-refractivity contribution in [1.29, 1.82) is 0 Å². The molecule has 1 N–H and O–H groups in total. The van der Waals surface area contributed by atoms with Crippen molar-refractivity contribution in [3.8, 4) is 0 Å². The minimum absolute atomic E-state index is 0.135. The molecule has 1 aliphatic rings. The lowest BCUT2D eigenvalue weighted by atomic mass is 9.76. The molecule has 1 heterocycles. The number of halogens is 3. The second-order valence-electron chi connectivity index (χ2n) is 4.80. The van der Waals surface area contributed by atoms with Crippen molar-refractivity contribution >= 4 is 11.3 Å². The van der Waals surface area contributed by atoms with Crippen molar-refractivity contribution < 1.29 is 18.3 Å². The van der Waals surface area contributed by atoms with Crippen LogP contribution in [-0.2, 0) is 5.60 Å². The summed E-state index contributed by atoms with van der Waals surface area (Å²) in [6.07, 6.45) is -3.40. The van der Waals surface area contributed by atoms with Crippen LogP contribution in [0.25, 0.3) is 0 Å². The van der Waals surface area contributed by atoms with Crippen molar-refractivity contribution in [1.82, 2.24) is 0 Å². The first-order valence-corrected chi connectivity index (χ1v) is 6.54. The SMILES string of the molecule is Cc1ccsc1C1(O)CCCC(C(F)(F)F)C1. The number of aliphatic hydroxyl groups is 1. The topological polar surface area (TPSA) is 20.2 Å². The fraction of sp³-hybridized carbons (Fsp3) is 0.667. The second kappa shape index (κ2) is 4.28. The van der Waals surface area contributed by atoms with Gasteiger partial charge in [0.1, 0.15) is 0 Å². The van der Waals surface area contributed by atoms with Crippen LogP contribution in [0.3, 0.4) is 0 Å². The molecule has 0 radical (unpaired) electrons. The molecule has 0 saturated heterocycles. The van der Waals surface area contributed by atoms with Crippen molar-refractivity contribution in [2.24, 2.45) is 5.92 Å². The standard InChI is InChI=1S/C12H15F3OS/c1-8-4-6-17-10(8)11(16)5-2-3-9(7-11)12(13,14)15/h4,6,9,16H,2-3,5,7H2,1H3. The van der Waals surface area contributed by atoms with Gasteiger partial charge in [0.05, 0.1) is 11.5 Å². The van der Waals surface area contributed by atoms with E-state index in [9.17, 15) is 18.3 Å². The second-order valence-corrected chi connectivity index (χ2v) is 5.72. The Bertz CT molecular complexity index is 399. The molecule has 1 nitrogen and oxygen atoms in total. The highest BCUT2D eigenvalue weighted by molar-refractivity contribution is 7.10. The lowest BCUT2D eigenvalue weighted by Crippen LogP contribution is -2.38. The number of hydrogen-bond acceptors (Lipinski definition) is 2. The highest BCUT2D eigenvalue weighted by atomic mass is 32.1. The number of aryl methyl sites for hydroxylation is 1. The Morgan fingerprint density at radius 1 is 1.47 bits per heavy atom. The van der Waals surface area contributed by atoms with E-state index in [1.807, 2.05) is 18.4 Å². The first-order chi connectivity index (χ1) is 7.83. The van der Waals surface area contributed by atoms with Gasteiger partial charge in [-0.2, -0.15) is 13.2 Å². The Morgan fingerprint density at radius 3 is 2.71 bits per heavy atom. The van der Waals surface area contributed by atoms with Gasteiger partial charge in [0.2, 0.25) is 0 Å². The molecular formula is C12H15F3OS. The first kappa shape index (κ1) is 12.9. The molecule has 0 spiro atoms. The molecule has 1 fully saturated rings. The van der Waals surface area contributed by atoms with Gasteiger partial charge in [0.25, 0.3) is 0 Å².